The van der Waals surface area contributed by atoms with Gasteiger partial charge in [0.2, 0.25) is 5.96 Å². The molecule has 0 spiro atoms. The van der Waals surface area contributed by atoms with Gasteiger partial charge in [0.15, 0.2) is 0 Å². The van der Waals surface area contributed by atoms with Gasteiger partial charge in [0, 0.05) is 5.69 Å². The maximum Gasteiger partial charge on any atom is 0.387 e. The zero-order valence-electron chi connectivity index (χ0n) is 11.7. The molecule has 1 aromatic rings. The summed E-state index contributed by atoms with van der Waals surface area (Å²) in [5, 5.41) is 3.03. The molecule has 1 fully saturated rings. The molecule has 0 unspecified atom stereocenters. The number of hydrogen-bond donors (Lipinski definition) is 3. The predicted octanol–water partition coefficient (Wildman–Crippen LogP) is 2.85. The molecule has 5 nitrogen and oxygen atoms in total. The van der Waals surface area contributed by atoms with Gasteiger partial charge in [0.1, 0.15) is 5.75 Å². The lowest BCUT2D eigenvalue weighted by Gasteiger charge is -2.19. The number of nitrogens with one attached hydrogen (secondary N) is 2. The summed E-state index contributed by atoms with van der Waals surface area (Å²) >= 11 is 0. The normalized spacial score (nSPS) is 16.9. The molecule has 0 bridgehead atoms. The molecule has 21 heavy (non-hydrogen) atoms. The number of nitrogens with zero attached hydrogens (tertiary/aromatic N) is 1. The molecule has 2 rings (SSSR count). The highest BCUT2D eigenvalue weighted by atomic mass is 19.3. The average molecular weight is 298 g/mol. The third kappa shape index (κ3) is 5.18. The van der Waals surface area contributed by atoms with E-state index in [0.29, 0.717) is 11.6 Å². The number of ether oxygens (including phenoxy) is 1. The van der Waals surface area contributed by atoms with Crippen molar-refractivity contribution in [3.63, 3.8) is 0 Å². The average Bonchev–Trinajstić information content (AvgIpc) is 2.49. The van der Waals surface area contributed by atoms with Crippen LogP contribution in [-0.4, -0.2) is 18.6 Å². The Morgan fingerprint density at radius 2 is 1.86 bits per heavy atom. The molecule has 0 radical (unpaired) electrons. The highest BCUT2D eigenvalue weighted by Gasteiger charge is 2.13. The third-order valence-corrected chi connectivity index (χ3v) is 3.37. The second-order valence-electron chi connectivity index (χ2n) is 4.94. The van der Waals surface area contributed by atoms with E-state index in [1.54, 1.807) is 12.1 Å². The summed E-state index contributed by atoms with van der Waals surface area (Å²) in [5.74, 6) is 6.06. The van der Waals surface area contributed by atoms with Gasteiger partial charge in [-0.3, -0.25) is 5.43 Å². The topological polar surface area (TPSA) is 71.7 Å². The van der Waals surface area contributed by atoms with E-state index in [2.05, 4.69) is 20.5 Å². The number of rotatable bonds is 4. The van der Waals surface area contributed by atoms with Crippen molar-refractivity contribution in [1.29, 1.82) is 0 Å². The molecule has 0 heterocycles. The van der Waals surface area contributed by atoms with E-state index >= 15 is 0 Å². The maximum atomic E-state index is 12.1. The lowest BCUT2D eigenvalue weighted by atomic mass is 9.96. The van der Waals surface area contributed by atoms with Gasteiger partial charge in [-0.15, -0.1) is 0 Å². The van der Waals surface area contributed by atoms with Crippen LogP contribution in [0.4, 0.5) is 14.5 Å². The number of guanidine groups is 1. The van der Waals surface area contributed by atoms with Gasteiger partial charge in [0.25, 0.3) is 0 Å². The van der Waals surface area contributed by atoms with Gasteiger partial charge >= 0.3 is 6.61 Å². The molecular weight excluding hydrogens is 278 g/mol. The van der Waals surface area contributed by atoms with Gasteiger partial charge < -0.3 is 10.1 Å². The Hall–Kier alpha value is -1.89. The number of benzene rings is 1. The van der Waals surface area contributed by atoms with E-state index in [0.717, 1.165) is 12.8 Å². The van der Waals surface area contributed by atoms with Gasteiger partial charge in [-0.05, 0) is 37.1 Å². The van der Waals surface area contributed by atoms with Crippen LogP contribution in [0, 0.1) is 0 Å². The van der Waals surface area contributed by atoms with E-state index in [1.165, 1.54) is 31.4 Å². The van der Waals surface area contributed by atoms with Crippen LogP contribution in [0.2, 0.25) is 0 Å². The molecule has 0 atom stereocenters. The zero-order chi connectivity index (χ0) is 15.1. The molecule has 0 aromatic heterocycles. The standard InChI is InChI=1S/C14H20F2N4O/c15-13(16)21-12-8-6-11(7-9-12)19-14(20-17)18-10-4-2-1-3-5-10/h6-10,13H,1-5,17H2,(H2,18,19,20). The molecule has 1 aliphatic rings. The molecule has 0 saturated heterocycles. The Morgan fingerprint density at radius 3 is 2.43 bits per heavy atom. The predicted molar refractivity (Wildman–Crippen MR) is 78.3 cm³/mol. The van der Waals surface area contributed by atoms with Crippen molar-refractivity contribution in [1.82, 2.24) is 5.43 Å². The van der Waals surface area contributed by atoms with Gasteiger partial charge in [-0.1, -0.05) is 19.3 Å². The lowest BCUT2D eigenvalue weighted by Crippen LogP contribution is -2.37. The first-order chi connectivity index (χ1) is 10.2. The van der Waals surface area contributed by atoms with Gasteiger partial charge in [-0.25, -0.2) is 10.8 Å². The Kier molecular flexibility index (Phi) is 5.74. The minimum absolute atomic E-state index is 0.113. The second kappa shape index (κ2) is 7.78. The molecule has 1 aliphatic carbocycles. The van der Waals surface area contributed by atoms with Gasteiger partial charge in [-0.2, -0.15) is 8.78 Å². The lowest BCUT2D eigenvalue weighted by molar-refractivity contribution is -0.0498. The largest absolute Gasteiger partial charge is 0.435 e. The number of nitrogens with two attached hydrogens (primary N) is 1. The molecule has 116 valence electrons. The fraction of sp³-hybridized carbons (Fsp3) is 0.500. The van der Waals surface area contributed by atoms with Crippen molar-refractivity contribution in [2.24, 2.45) is 10.8 Å². The van der Waals surface area contributed by atoms with Crippen molar-refractivity contribution in [2.45, 2.75) is 44.8 Å². The Balaban J connectivity index is 1.95. The summed E-state index contributed by atoms with van der Waals surface area (Å²) in [5.41, 5.74) is 3.23. The third-order valence-electron chi connectivity index (χ3n) is 3.37. The molecule has 7 heteroatoms. The van der Waals surface area contributed by atoms with E-state index in [-0.39, 0.29) is 11.8 Å². The van der Waals surface area contributed by atoms with Crippen molar-refractivity contribution in [3.8, 4) is 5.75 Å². The smallest absolute Gasteiger partial charge is 0.387 e. The van der Waals surface area contributed by atoms with Crippen LogP contribution >= 0.6 is 0 Å². The first-order valence-corrected chi connectivity index (χ1v) is 7.03. The van der Waals surface area contributed by atoms with Crippen LogP contribution in [0.15, 0.2) is 29.3 Å². The molecular formula is C14H20F2N4O. The Bertz CT molecular complexity index is 459. The van der Waals surface area contributed by atoms with Crippen molar-refractivity contribution >= 4 is 11.6 Å². The summed E-state index contributed by atoms with van der Waals surface area (Å²) in [6.07, 6.45) is 5.76. The number of hydrazine groups is 1. The highest BCUT2D eigenvalue weighted by molar-refractivity contribution is 5.93. The quantitative estimate of drug-likeness (QED) is 0.346. The highest BCUT2D eigenvalue weighted by Crippen LogP contribution is 2.21. The van der Waals surface area contributed by atoms with Crippen LogP contribution in [0.3, 0.4) is 0 Å². The number of alkyl halides is 2. The van der Waals surface area contributed by atoms with Crippen molar-refractivity contribution < 1.29 is 13.5 Å². The van der Waals surface area contributed by atoms with Crippen LogP contribution < -0.4 is 21.3 Å². The summed E-state index contributed by atoms with van der Waals surface area (Å²) in [7, 11) is 0. The van der Waals surface area contributed by atoms with Crippen LogP contribution in [-0.2, 0) is 0 Å². The number of aliphatic imine (C=N–C) groups is 1. The van der Waals surface area contributed by atoms with E-state index in [4.69, 9.17) is 5.84 Å². The van der Waals surface area contributed by atoms with Crippen LogP contribution in [0.5, 0.6) is 5.75 Å². The fourth-order valence-electron chi connectivity index (χ4n) is 2.35. The fourth-order valence-corrected chi connectivity index (χ4v) is 2.35. The minimum atomic E-state index is -2.82. The van der Waals surface area contributed by atoms with E-state index in [9.17, 15) is 8.78 Å². The summed E-state index contributed by atoms with van der Waals surface area (Å²) in [6.45, 7) is -2.82. The minimum Gasteiger partial charge on any atom is -0.435 e. The Labute approximate surface area is 122 Å². The second-order valence-corrected chi connectivity index (χ2v) is 4.94. The monoisotopic (exact) mass is 298 g/mol. The molecule has 0 aliphatic heterocycles. The molecule has 0 amide bonds. The summed E-state index contributed by atoms with van der Waals surface area (Å²) in [4.78, 5) is 4.54. The number of hydrogen-bond acceptors (Lipinski definition) is 3. The van der Waals surface area contributed by atoms with Crippen molar-refractivity contribution in [2.75, 3.05) is 5.32 Å². The number of anilines is 1. The van der Waals surface area contributed by atoms with Gasteiger partial charge in [0.05, 0.1) is 6.04 Å². The summed E-state index contributed by atoms with van der Waals surface area (Å²) in [6, 6.07) is 6.46. The SMILES string of the molecule is NNC(=NC1CCCCC1)Nc1ccc(OC(F)F)cc1. The van der Waals surface area contributed by atoms with E-state index < -0.39 is 6.61 Å². The molecule has 4 N–H and O–H groups in total. The molecule has 1 aromatic carbocycles. The number of halogens is 2. The van der Waals surface area contributed by atoms with E-state index in [1.807, 2.05) is 0 Å². The first-order valence-electron chi connectivity index (χ1n) is 7.03. The van der Waals surface area contributed by atoms with Crippen molar-refractivity contribution in [3.05, 3.63) is 24.3 Å². The molecule has 1 saturated carbocycles. The van der Waals surface area contributed by atoms with Crippen LogP contribution in [0.25, 0.3) is 0 Å². The maximum absolute atomic E-state index is 12.1. The van der Waals surface area contributed by atoms with Crippen LogP contribution in [0.1, 0.15) is 32.1 Å². The Morgan fingerprint density at radius 1 is 1.19 bits per heavy atom. The summed E-state index contributed by atoms with van der Waals surface area (Å²) < 4.78 is 28.4. The zero-order valence-corrected chi connectivity index (χ0v) is 11.7. The first kappa shape index (κ1) is 15.5.